The van der Waals surface area contributed by atoms with E-state index in [9.17, 15) is 9.18 Å². The van der Waals surface area contributed by atoms with Crippen LogP contribution in [0.4, 0.5) is 4.39 Å². The molecule has 4 heteroatoms. The first kappa shape index (κ1) is 11.1. The van der Waals surface area contributed by atoms with Gasteiger partial charge in [-0.15, -0.1) is 0 Å². The molecular formula is C12H13FO3. The van der Waals surface area contributed by atoms with E-state index in [0.29, 0.717) is 6.61 Å². The molecule has 1 aliphatic rings. The van der Waals surface area contributed by atoms with Crippen molar-refractivity contribution in [3.8, 4) is 0 Å². The fourth-order valence-corrected chi connectivity index (χ4v) is 1.65. The summed E-state index contributed by atoms with van der Waals surface area (Å²) in [4.78, 5) is 11.5. The van der Waals surface area contributed by atoms with Gasteiger partial charge in [0.05, 0.1) is 11.7 Å². The van der Waals surface area contributed by atoms with Gasteiger partial charge in [-0.3, -0.25) is 0 Å². The van der Waals surface area contributed by atoms with Crippen molar-refractivity contribution in [3.05, 3.63) is 35.6 Å². The smallest absolute Gasteiger partial charge is 0.341 e. The molecular weight excluding hydrogens is 211 g/mol. The number of rotatable bonds is 3. The number of halogens is 1. The van der Waals surface area contributed by atoms with E-state index in [0.717, 1.165) is 12.8 Å². The SMILES string of the molecule is O=C(OC[C@H]1CCCO1)c1ccccc1F. The molecule has 86 valence electrons. The summed E-state index contributed by atoms with van der Waals surface area (Å²) in [5, 5.41) is 0. The Morgan fingerprint density at radius 3 is 3.00 bits per heavy atom. The molecule has 3 nitrogen and oxygen atoms in total. The average Bonchev–Trinajstić information content (AvgIpc) is 2.79. The standard InChI is InChI=1S/C12H13FO3/c13-11-6-2-1-5-10(11)12(14)16-8-9-4-3-7-15-9/h1-2,5-6,9H,3-4,7-8H2/t9-/m1/s1. The highest BCUT2D eigenvalue weighted by molar-refractivity contribution is 5.89. The third-order valence-electron chi connectivity index (χ3n) is 2.52. The average molecular weight is 224 g/mol. The van der Waals surface area contributed by atoms with E-state index >= 15 is 0 Å². The first-order chi connectivity index (χ1) is 7.77. The van der Waals surface area contributed by atoms with Crippen molar-refractivity contribution < 1.29 is 18.7 Å². The molecule has 0 N–H and O–H groups in total. The molecule has 1 aromatic rings. The zero-order valence-electron chi connectivity index (χ0n) is 8.82. The van der Waals surface area contributed by atoms with Crippen LogP contribution >= 0.6 is 0 Å². The summed E-state index contributed by atoms with van der Waals surface area (Å²) < 4.78 is 23.5. The second kappa shape index (κ2) is 5.07. The molecule has 0 unspecified atom stereocenters. The lowest BCUT2D eigenvalue weighted by Crippen LogP contribution is -2.18. The molecule has 1 saturated heterocycles. The van der Waals surface area contributed by atoms with Gasteiger partial charge in [0.15, 0.2) is 0 Å². The summed E-state index contributed by atoms with van der Waals surface area (Å²) in [6.07, 6.45) is 1.85. The Morgan fingerprint density at radius 1 is 1.50 bits per heavy atom. The zero-order chi connectivity index (χ0) is 11.4. The summed E-state index contributed by atoms with van der Waals surface area (Å²) in [5.41, 5.74) is -0.0273. The summed E-state index contributed by atoms with van der Waals surface area (Å²) in [5.74, 6) is -1.19. The Balaban J connectivity index is 1.90. The van der Waals surface area contributed by atoms with E-state index in [-0.39, 0.29) is 18.3 Å². The van der Waals surface area contributed by atoms with Gasteiger partial charge in [-0.1, -0.05) is 12.1 Å². The molecule has 0 amide bonds. The number of carbonyl (C=O) groups is 1. The number of carbonyl (C=O) groups excluding carboxylic acids is 1. The Morgan fingerprint density at radius 2 is 2.31 bits per heavy atom. The minimum Gasteiger partial charge on any atom is -0.459 e. The molecule has 1 aliphatic heterocycles. The summed E-state index contributed by atoms with van der Waals surface area (Å²) in [6, 6.07) is 5.79. The molecule has 1 fully saturated rings. The predicted octanol–water partition coefficient (Wildman–Crippen LogP) is 2.16. The molecule has 2 rings (SSSR count). The van der Waals surface area contributed by atoms with E-state index in [2.05, 4.69) is 0 Å². The normalized spacial score (nSPS) is 19.7. The maximum atomic E-state index is 13.2. The van der Waals surface area contributed by atoms with E-state index in [4.69, 9.17) is 9.47 Å². The summed E-state index contributed by atoms with van der Waals surface area (Å²) in [7, 11) is 0. The van der Waals surface area contributed by atoms with Crippen LogP contribution in [0, 0.1) is 5.82 Å². The Hall–Kier alpha value is -1.42. The van der Waals surface area contributed by atoms with Gasteiger partial charge in [-0.25, -0.2) is 9.18 Å². The molecule has 0 aliphatic carbocycles. The minimum absolute atomic E-state index is 0.0273. The van der Waals surface area contributed by atoms with E-state index in [1.807, 2.05) is 0 Å². The van der Waals surface area contributed by atoms with Crippen LogP contribution in [-0.4, -0.2) is 25.3 Å². The van der Waals surface area contributed by atoms with Crippen LogP contribution in [0.15, 0.2) is 24.3 Å². The highest BCUT2D eigenvalue weighted by atomic mass is 19.1. The molecule has 0 aromatic heterocycles. The topological polar surface area (TPSA) is 35.5 Å². The van der Waals surface area contributed by atoms with Crippen LogP contribution in [0.2, 0.25) is 0 Å². The van der Waals surface area contributed by atoms with Crippen LogP contribution in [-0.2, 0) is 9.47 Å². The zero-order valence-corrected chi connectivity index (χ0v) is 8.82. The van der Waals surface area contributed by atoms with Crippen LogP contribution in [0.5, 0.6) is 0 Å². The molecule has 0 radical (unpaired) electrons. The molecule has 0 spiro atoms. The molecule has 1 atom stereocenters. The Kier molecular flexibility index (Phi) is 3.51. The lowest BCUT2D eigenvalue weighted by Gasteiger charge is -2.10. The molecule has 0 saturated carbocycles. The first-order valence-electron chi connectivity index (χ1n) is 5.30. The maximum absolute atomic E-state index is 13.2. The maximum Gasteiger partial charge on any atom is 0.341 e. The van der Waals surface area contributed by atoms with Crippen LogP contribution in [0.25, 0.3) is 0 Å². The van der Waals surface area contributed by atoms with Gasteiger partial charge < -0.3 is 9.47 Å². The molecule has 1 heterocycles. The Labute approximate surface area is 93.2 Å². The third-order valence-corrected chi connectivity index (χ3v) is 2.52. The van der Waals surface area contributed by atoms with Crippen molar-refractivity contribution in [1.29, 1.82) is 0 Å². The lowest BCUT2D eigenvalue weighted by molar-refractivity contribution is 0.0157. The van der Waals surface area contributed by atoms with Gasteiger partial charge in [-0.05, 0) is 25.0 Å². The highest BCUT2D eigenvalue weighted by Crippen LogP contribution is 2.14. The van der Waals surface area contributed by atoms with Gasteiger partial charge in [0.2, 0.25) is 0 Å². The monoisotopic (exact) mass is 224 g/mol. The summed E-state index contributed by atoms with van der Waals surface area (Å²) >= 11 is 0. The Bertz CT molecular complexity index is 372. The van der Waals surface area contributed by atoms with Gasteiger partial charge in [-0.2, -0.15) is 0 Å². The first-order valence-corrected chi connectivity index (χ1v) is 5.30. The van der Waals surface area contributed by atoms with E-state index < -0.39 is 11.8 Å². The number of hydrogen-bond donors (Lipinski definition) is 0. The van der Waals surface area contributed by atoms with E-state index in [1.54, 1.807) is 6.07 Å². The fraction of sp³-hybridized carbons (Fsp3) is 0.417. The quantitative estimate of drug-likeness (QED) is 0.738. The molecule has 0 bridgehead atoms. The van der Waals surface area contributed by atoms with Crippen molar-refractivity contribution in [1.82, 2.24) is 0 Å². The number of hydrogen-bond acceptors (Lipinski definition) is 3. The molecule has 16 heavy (non-hydrogen) atoms. The van der Waals surface area contributed by atoms with Gasteiger partial charge in [0.25, 0.3) is 0 Å². The molecule has 1 aromatic carbocycles. The van der Waals surface area contributed by atoms with Crippen LogP contribution in [0.1, 0.15) is 23.2 Å². The van der Waals surface area contributed by atoms with Gasteiger partial charge in [0, 0.05) is 6.61 Å². The van der Waals surface area contributed by atoms with Crippen molar-refractivity contribution in [2.75, 3.05) is 13.2 Å². The number of ether oxygens (including phenoxy) is 2. The van der Waals surface area contributed by atoms with Crippen molar-refractivity contribution in [2.24, 2.45) is 0 Å². The highest BCUT2D eigenvalue weighted by Gasteiger charge is 2.19. The van der Waals surface area contributed by atoms with Gasteiger partial charge >= 0.3 is 5.97 Å². The fourth-order valence-electron chi connectivity index (χ4n) is 1.65. The third kappa shape index (κ3) is 2.58. The van der Waals surface area contributed by atoms with Crippen molar-refractivity contribution in [3.63, 3.8) is 0 Å². The lowest BCUT2D eigenvalue weighted by atomic mass is 10.2. The number of esters is 1. The van der Waals surface area contributed by atoms with Crippen LogP contribution < -0.4 is 0 Å². The second-order valence-corrected chi connectivity index (χ2v) is 3.71. The summed E-state index contributed by atoms with van der Waals surface area (Å²) in [6.45, 7) is 0.912. The predicted molar refractivity (Wildman–Crippen MR) is 55.7 cm³/mol. The van der Waals surface area contributed by atoms with Crippen LogP contribution in [0.3, 0.4) is 0 Å². The number of benzene rings is 1. The van der Waals surface area contributed by atoms with Crippen molar-refractivity contribution >= 4 is 5.97 Å². The second-order valence-electron chi connectivity index (χ2n) is 3.71. The van der Waals surface area contributed by atoms with E-state index in [1.165, 1.54) is 18.2 Å². The van der Waals surface area contributed by atoms with Crippen molar-refractivity contribution in [2.45, 2.75) is 18.9 Å². The largest absolute Gasteiger partial charge is 0.459 e. The minimum atomic E-state index is -0.631. The van der Waals surface area contributed by atoms with Gasteiger partial charge in [0.1, 0.15) is 12.4 Å².